The number of allylic oxidation sites excluding steroid dienone is 1. The fraction of sp³-hybridized carbons (Fsp3) is 0.257. The molecule has 1 aliphatic rings. The van der Waals surface area contributed by atoms with Crippen molar-refractivity contribution in [3.05, 3.63) is 120 Å². The minimum absolute atomic E-state index is 0.0699. The predicted molar refractivity (Wildman–Crippen MR) is 171 cm³/mol. The first-order valence-corrected chi connectivity index (χ1v) is 15.3. The van der Waals surface area contributed by atoms with Crippen LogP contribution in [0.2, 0.25) is 0 Å². The molecule has 0 unspecified atom stereocenters. The Morgan fingerprint density at radius 2 is 1.89 bits per heavy atom. The molecule has 0 spiro atoms. The van der Waals surface area contributed by atoms with E-state index in [0.29, 0.717) is 50.0 Å². The predicted octanol–water partition coefficient (Wildman–Crippen LogP) is 5.04. The molecule has 9 nitrogen and oxygen atoms in total. The summed E-state index contributed by atoms with van der Waals surface area (Å²) in [6, 6.07) is 21.4. The SMILES string of the molecule is CCOC(=O)C1=C(C)N=c2s/c(=C/c3cccc(OCc4ccc(C#N)cc4)c3)c(=O)n2[C@@H]1c1ccc(OC(C)C)c(OC)c1. The number of carbonyl (C=O) groups excluding carboxylic acids is 1. The van der Waals surface area contributed by atoms with Crippen LogP contribution in [0.5, 0.6) is 17.2 Å². The molecule has 0 aliphatic carbocycles. The second kappa shape index (κ2) is 13.7. The molecule has 0 saturated heterocycles. The van der Waals surface area contributed by atoms with Crippen molar-refractivity contribution in [1.82, 2.24) is 4.57 Å². The number of hydrogen-bond donors (Lipinski definition) is 0. The Morgan fingerprint density at radius 3 is 2.58 bits per heavy atom. The van der Waals surface area contributed by atoms with Gasteiger partial charge in [0.1, 0.15) is 12.4 Å². The quantitative estimate of drug-likeness (QED) is 0.228. The Morgan fingerprint density at radius 1 is 1.11 bits per heavy atom. The Balaban J connectivity index is 1.55. The lowest BCUT2D eigenvalue weighted by Crippen LogP contribution is -2.40. The van der Waals surface area contributed by atoms with Crippen LogP contribution in [0.1, 0.15) is 56.0 Å². The molecule has 0 N–H and O–H groups in total. The number of thiazole rings is 1. The van der Waals surface area contributed by atoms with Crippen LogP contribution < -0.4 is 29.1 Å². The average molecular weight is 624 g/mol. The maximum atomic E-state index is 14.0. The van der Waals surface area contributed by atoms with Crippen LogP contribution in [0.4, 0.5) is 0 Å². The third kappa shape index (κ3) is 6.84. The standard InChI is InChI=1S/C35H33N3O6S/c1-6-42-34(40)31-22(4)37-35-38(32(31)26-14-15-28(44-21(2)3)29(18-26)41-5)33(39)30(45-35)17-25-8-7-9-27(16-25)43-20-24-12-10-23(19-36)11-13-24/h7-18,21,32H,6,20H2,1-5H3/b30-17+/t32-/m1/s1. The van der Waals surface area contributed by atoms with Gasteiger partial charge in [-0.05, 0) is 86.9 Å². The highest BCUT2D eigenvalue weighted by atomic mass is 32.1. The summed E-state index contributed by atoms with van der Waals surface area (Å²) in [5, 5.41) is 9.02. The van der Waals surface area contributed by atoms with Crippen molar-refractivity contribution >= 4 is 23.4 Å². The van der Waals surface area contributed by atoms with Crippen LogP contribution in [0.15, 0.2) is 87.8 Å². The molecule has 0 bridgehead atoms. The Bertz CT molecular complexity index is 1980. The number of rotatable bonds is 10. The molecule has 0 saturated carbocycles. The highest BCUT2D eigenvalue weighted by Crippen LogP contribution is 2.36. The summed E-state index contributed by atoms with van der Waals surface area (Å²) >= 11 is 1.25. The zero-order chi connectivity index (χ0) is 32.1. The van der Waals surface area contributed by atoms with Crippen LogP contribution in [0.25, 0.3) is 6.08 Å². The smallest absolute Gasteiger partial charge is 0.338 e. The van der Waals surface area contributed by atoms with Crippen LogP contribution in [0, 0.1) is 11.3 Å². The first kappa shape index (κ1) is 31.3. The van der Waals surface area contributed by atoms with E-state index in [1.54, 1.807) is 55.9 Å². The summed E-state index contributed by atoms with van der Waals surface area (Å²) in [7, 11) is 1.55. The number of aromatic nitrogens is 1. The number of methoxy groups -OCH3 is 1. The fourth-order valence-electron chi connectivity index (χ4n) is 5.00. The largest absolute Gasteiger partial charge is 0.493 e. The molecule has 4 aromatic rings. The second-order valence-electron chi connectivity index (χ2n) is 10.5. The molecule has 1 aromatic heterocycles. The van der Waals surface area contributed by atoms with E-state index in [0.717, 1.165) is 11.1 Å². The van der Waals surface area contributed by atoms with Crippen molar-refractivity contribution in [2.45, 2.75) is 46.4 Å². The van der Waals surface area contributed by atoms with Gasteiger partial charge in [0.2, 0.25) is 0 Å². The van der Waals surface area contributed by atoms with E-state index in [1.807, 2.05) is 56.3 Å². The van der Waals surface area contributed by atoms with E-state index >= 15 is 0 Å². The molecule has 5 rings (SSSR count). The van der Waals surface area contributed by atoms with Crippen LogP contribution in [0.3, 0.4) is 0 Å². The van der Waals surface area contributed by atoms with Crippen molar-refractivity contribution < 1.29 is 23.7 Å². The molecule has 0 amide bonds. The van der Waals surface area contributed by atoms with Gasteiger partial charge < -0.3 is 18.9 Å². The minimum Gasteiger partial charge on any atom is -0.493 e. The summed E-state index contributed by atoms with van der Waals surface area (Å²) in [5.41, 5.74) is 3.42. The molecule has 3 aromatic carbocycles. The number of carbonyl (C=O) groups is 1. The van der Waals surface area contributed by atoms with Gasteiger partial charge in [0.15, 0.2) is 16.3 Å². The van der Waals surface area contributed by atoms with E-state index in [-0.39, 0.29) is 23.8 Å². The highest BCUT2D eigenvalue weighted by Gasteiger charge is 2.34. The van der Waals surface area contributed by atoms with Crippen LogP contribution in [-0.2, 0) is 16.1 Å². The molecule has 2 heterocycles. The van der Waals surface area contributed by atoms with Gasteiger partial charge in [-0.1, -0.05) is 41.7 Å². The Labute approximate surface area is 264 Å². The Kier molecular flexibility index (Phi) is 9.50. The van der Waals surface area contributed by atoms with E-state index in [4.69, 9.17) is 24.2 Å². The molecule has 0 fully saturated rings. The molecule has 10 heteroatoms. The molecule has 1 aliphatic heterocycles. The van der Waals surface area contributed by atoms with Gasteiger partial charge in [-0.2, -0.15) is 5.26 Å². The summed E-state index contributed by atoms with van der Waals surface area (Å²) in [4.78, 5) is 32.4. The molecular weight excluding hydrogens is 590 g/mol. The molecule has 0 radical (unpaired) electrons. The van der Waals surface area contributed by atoms with Crippen molar-refractivity contribution in [3.63, 3.8) is 0 Å². The zero-order valence-corrected chi connectivity index (χ0v) is 26.5. The monoisotopic (exact) mass is 623 g/mol. The van der Waals surface area contributed by atoms with E-state index < -0.39 is 12.0 Å². The van der Waals surface area contributed by atoms with Gasteiger partial charge in [-0.25, -0.2) is 9.79 Å². The first-order valence-electron chi connectivity index (χ1n) is 14.5. The lowest BCUT2D eigenvalue weighted by Gasteiger charge is -2.25. The van der Waals surface area contributed by atoms with Gasteiger partial charge in [-0.15, -0.1) is 0 Å². The minimum atomic E-state index is -0.786. The fourth-order valence-corrected chi connectivity index (χ4v) is 6.05. The Hall–Kier alpha value is -5.14. The average Bonchev–Trinajstić information content (AvgIpc) is 3.33. The van der Waals surface area contributed by atoms with Crippen molar-refractivity contribution in [2.24, 2.45) is 4.99 Å². The lowest BCUT2D eigenvalue weighted by atomic mass is 9.95. The molecule has 45 heavy (non-hydrogen) atoms. The maximum absolute atomic E-state index is 14.0. The van der Waals surface area contributed by atoms with Crippen molar-refractivity contribution in [2.75, 3.05) is 13.7 Å². The van der Waals surface area contributed by atoms with Gasteiger partial charge in [-0.3, -0.25) is 9.36 Å². The van der Waals surface area contributed by atoms with Gasteiger partial charge in [0.25, 0.3) is 5.56 Å². The number of nitrogens with zero attached hydrogens (tertiary/aromatic N) is 3. The van der Waals surface area contributed by atoms with Crippen molar-refractivity contribution in [3.8, 4) is 23.3 Å². The number of benzene rings is 3. The van der Waals surface area contributed by atoms with Gasteiger partial charge in [0.05, 0.1) is 53.3 Å². The van der Waals surface area contributed by atoms with Crippen LogP contribution in [-0.4, -0.2) is 30.4 Å². The van der Waals surface area contributed by atoms with Gasteiger partial charge >= 0.3 is 5.97 Å². The lowest BCUT2D eigenvalue weighted by molar-refractivity contribution is -0.139. The van der Waals surface area contributed by atoms with Crippen molar-refractivity contribution in [1.29, 1.82) is 5.26 Å². The summed E-state index contributed by atoms with van der Waals surface area (Å²) in [6.45, 7) is 7.85. The van der Waals surface area contributed by atoms with E-state index in [1.165, 1.54) is 11.3 Å². The normalized spacial score (nSPS) is 14.4. The number of fused-ring (bicyclic) bond motifs is 1. The zero-order valence-electron chi connectivity index (χ0n) is 25.7. The summed E-state index contributed by atoms with van der Waals surface area (Å²) < 4.78 is 24.9. The number of esters is 1. The topological polar surface area (TPSA) is 112 Å². The third-order valence-electron chi connectivity index (χ3n) is 7.03. The van der Waals surface area contributed by atoms with E-state index in [2.05, 4.69) is 11.1 Å². The molecular formula is C35H33N3O6S. The number of hydrogen-bond acceptors (Lipinski definition) is 9. The molecule has 1 atom stereocenters. The maximum Gasteiger partial charge on any atom is 0.338 e. The highest BCUT2D eigenvalue weighted by molar-refractivity contribution is 7.07. The second-order valence-corrected chi connectivity index (χ2v) is 11.6. The molecule has 230 valence electrons. The van der Waals surface area contributed by atoms with Crippen LogP contribution >= 0.6 is 11.3 Å². The van der Waals surface area contributed by atoms with Gasteiger partial charge in [0, 0.05) is 0 Å². The summed E-state index contributed by atoms with van der Waals surface area (Å²) in [5.74, 6) is 1.14. The van der Waals surface area contributed by atoms with E-state index in [9.17, 15) is 9.59 Å². The third-order valence-corrected chi connectivity index (χ3v) is 8.01. The number of nitriles is 1. The summed E-state index contributed by atoms with van der Waals surface area (Å²) in [6.07, 6.45) is 1.72. The number of ether oxygens (including phenoxy) is 4. The first-order chi connectivity index (χ1) is 21.7.